The number of anilines is 1. The maximum absolute atomic E-state index is 13.3. The van der Waals surface area contributed by atoms with Gasteiger partial charge in [0.25, 0.3) is 11.6 Å². The number of carbonyl (C=O) groups is 2. The fraction of sp³-hybridized carbons (Fsp3) is 0.217. The number of carbonyl (C=O) groups excluding carboxylic acids is 2. The number of nitrogens with one attached hydrogen (secondary N) is 1. The molecule has 4 rings (SSSR count). The highest BCUT2D eigenvalue weighted by Gasteiger charge is 2.24. The Morgan fingerprint density at radius 3 is 2.59 bits per heavy atom. The van der Waals surface area contributed by atoms with Gasteiger partial charge in [0.1, 0.15) is 11.5 Å². The van der Waals surface area contributed by atoms with E-state index >= 15 is 0 Å². The van der Waals surface area contributed by atoms with Gasteiger partial charge in [-0.1, -0.05) is 28.9 Å². The van der Waals surface area contributed by atoms with Crippen LogP contribution in [0.15, 0.2) is 45.3 Å². The predicted octanol–water partition coefficient (Wildman–Crippen LogP) is 4.77. The Labute approximate surface area is 189 Å². The minimum atomic E-state index is -0.372. The molecule has 0 bridgehead atoms. The average Bonchev–Trinajstić information content (AvgIpc) is 3.29. The number of hydrogen-bond donors (Lipinski definition) is 1. The zero-order valence-corrected chi connectivity index (χ0v) is 18.8. The number of fused-ring (bicyclic) bond motifs is 1. The number of pyridine rings is 1. The highest BCUT2D eigenvalue weighted by Crippen LogP contribution is 2.31. The molecule has 3 heterocycles. The molecule has 0 spiro atoms. The van der Waals surface area contributed by atoms with Gasteiger partial charge in [-0.2, -0.15) is 0 Å². The van der Waals surface area contributed by atoms with E-state index < -0.39 is 0 Å². The quantitative estimate of drug-likeness (QED) is 0.468. The number of rotatable bonds is 5. The van der Waals surface area contributed by atoms with E-state index in [1.165, 1.54) is 4.90 Å². The second-order valence-electron chi connectivity index (χ2n) is 7.52. The molecule has 0 unspecified atom stereocenters. The monoisotopic (exact) mass is 452 g/mol. The van der Waals surface area contributed by atoms with Gasteiger partial charge in [0.2, 0.25) is 5.91 Å². The van der Waals surface area contributed by atoms with E-state index in [0.29, 0.717) is 38.8 Å². The Kier molecular flexibility index (Phi) is 5.71. The molecule has 1 aromatic carbocycles. The second kappa shape index (κ2) is 8.47. The van der Waals surface area contributed by atoms with Crippen LogP contribution in [0.1, 0.15) is 27.6 Å². The molecular weight excluding hydrogens is 432 g/mol. The maximum Gasteiger partial charge on any atom is 0.259 e. The standard InChI is InChI=1S/C23H21ClN4O4/c1-12-9-15(14(3)31-12)19-10-16(21-13(2)27-32-22(21)26-19)23(30)28(4)11-20(29)25-18-8-6-5-7-17(18)24/h5-10H,11H2,1-4H3,(H,25,29). The minimum absolute atomic E-state index is 0.169. The molecule has 0 aliphatic rings. The number of benzene rings is 1. The molecule has 164 valence electrons. The van der Waals surface area contributed by atoms with Gasteiger partial charge in [0.15, 0.2) is 0 Å². The first kappa shape index (κ1) is 21.6. The van der Waals surface area contributed by atoms with E-state index in [9.17, 15) is 9.59 Å². The van der Waals surface area contributed by atoms with Crippen LogP contribution >= 0.6 is 11.6 Å². The number of halogens is 1. The topological polar surface area (TPSA) is 101 Å². The summed E-state index contributed by atoms with van der Waals surface area (Å²) in [7, 11) is 1.55. The zero-order chi connectivity index (χ0) is 23.0. The Morgan fingerprint density at radius 2 is 1.91 bits per heavy atom. The van der Waals surface area contributed by atoms with Crippen LogP contribution in [0.2, 0.25) is 5.02 Å². The molecule has 1 N–H and O–H groups in total. The fourth-order valence-corrected chi connectivity index (χ4v) is 3.71. The Bertz CT molecular complexity index is 1340. The van der Waals surface area contributed by atoms with Crippen LogP contribution in [-0.2, 0) is 4.79 Å². The van der Waals surface area contributed by atoms with Gasteiger partial charge in [-0.3, -0.25) is 9.59 Å². The van der Waals surface area contributed by atoms with Crippen molar-refractivity contribution in [2.75, 3.05) is 18.9 Å². The number of para-hydroxylation sites is 1. The smallest absolute Gasteiger partial charge is 0.259 e. The summed E-state index contributed by atoms with van der Waals surface area (Å²) in [4.78, 5) is 31.7. The molecule has 8 nitrogen and oxygen atoms in total. The number of hydrogen-bond acceptors (Lipinski definition) is 6. The molecule has 0 saturated heterocycles. The molecule has 9 heteroatoms. The van der Waals surface area contributed by atoms with Crippen molar-refractivity contribution in [1.82, 2.24) is 15.0 Å². The SMILES string of the molecule is Cc1cc(-c2cc(C(=O)N(C)CC(=O)Nc3ccccc3Cl)c3c(C)noc3n2)c(C)o1. The van der Waals surface area contributed by atoms with Crippen molar-refractivity contribution in [3.63, 3.8) is 0 Å². The van der Waals surface area contributed by atoms with Gasteiger partial charge in [-0.25, -0.2) is 4.98 Å². The summed E-state index contributed by atoms with van der Waals surface area (Å²) >= 11 is 6.10. The van der Waals surface area contributed by atoms with Gasteiger partial charge < -0.3 is 19.2 Å². The van der Waals surface area contributed by atoms with Crippen molar-refractivity contribution in [1.29, 1.82) is 0 Å². The normalized spacial score (nSPS) is 11.0. The van der Waals surface area contributed by atoms with Crippen molar-refractivity contribution >= 4 is 40.2 Å². The lowest BCUT2D eigenvalue weighted by molar-refractivity contribution is -0.116. The number of amides is 2. The summed E-state index contributed by atoms with van der Waals surface area (Å²) < 4.78 is 11.0. The number of nitrogens with zero attached hydrogens (tertiary/aromatic N) is 3. The Balaban J connectivity index is 1.65. The van der Waals surface area contributed by atoms with Gasteiger partial charge in [0.05, 0.1) is 39.6 Å². The molecule has 4 aromatic rings. The lowest BCUT2D eigenvalue weighted by Gasteiger charge is -2.18. The van der Waals surface area contributed by atoms with Crippen molar-refractivity contribution in [3.05, 3.63) is 64.2 Å². The average molecular weight is 453 g/mol. The third kappa shape index (κ3) is 4.09. The predicted molar refractivity (Wildman–Crippen MR) is 121 cm³/mol. The molecule has 0 atom stereocenters. The molecule has 0 radical (unpaired) electrons. The van der Waals surface area contributed by atoms with Crippen LogP contribution in [0.25, 0.3) is 22.4 Å². The first-order valence-corrected chi connectivity index (χ1v) is 10.3. The van der Waals surface area contributed by atoms with E-state index in [1.807, 2.05) is 19.9 Å². The van der Waals surface area contributed by atoms with E-state index in [0.717, 1.165) is 11.3 Å². The van der Waals surface area contributed by atoms with Crippen molar-refractivity contribution in [3.8, 4) is 11.3 Å². The van der Waals surface area contributed by atoms with Crippen LogP contribution < -0.4 is 5.32 Å². The van der Waals surface area contributed by atoms with Crippen molar-refractivity contribution in [2.45, 2.75) is 20.8 Å². The summed E-state index contributed by atoms with van der Waals surface area (Å²) in [6.45, 7) is 5.23. The molecule has 32 heavy (non-hydrogen) atoms. The minimum Gasteiger partial charge on any atom is -0.466 e. The molecule has 2 amide bonds. The van der Waals surface area contributed by atoms with Crippen molar-refractivity contribution in [2.24, 2.45) is 0 Å². The van der Waals surface area contributed by atoms with Crippen LogP contribution in [0.3, 0.4) is 0 Å². The molecular formula is C23H21ClN4O4. The van der Waals surface area contributed by atoms with Gasteiger partial charge >= 0.3 is 0 Å². The third-order valence-corrected chi connectivity index (χ3v) is 5.37. The van der Waals surface area contributed by atoms with Crippen LogP contribution in [0, 0.1) is 20.8 Å². The summed E-state index contributed by atoms with van der Waals surface area (Å²) in [5.74, 6) is 0.672. The lowest BCUT2D eigenvalue weighted by Crippen LogP contribution is -2.35. The largest absolute Gasteiger partial charge is 0.466 e. The summed E-state index contributed by atoms with van der Waals surface area (Å²) in [6, 6.07) is 10.4. The molecule has 0 aliphatic carbocycles. The van der Waals surface area contributed by atoms with Crippen LogP contribution in [0.4, 0.5) is 5.69 Å². The number of likely N-dealkylation sites (N-methyl/N-ethyl adjacent to an activating group) is 1. The summed E-state index contributed by atoms with van der Waals surface area (Å²) in [6.07, 6.45) is 0. The molecule has 0 saturated carbocycles. The van der Waals surface area contributed by atoms with E-state index in [2.05, 4.69) is 15.5 Å². The first-order valence-electron chi connectivity index (χ1n) is 9.89. The maximum atomic E-state index is 13.3. The fourth-order valence-electron chi connectivity index (χ4n) is 3.53. The van der Waals surface area contributed by atoms with Crippen molar-refractivity contribution < 1.29 is 18.5 Å². The van der Waals surface area contributed by atoms with Gasteiger partial charge in [-0.05, 0) is 45.0 Å². The van der Waals surface area contributed by atoms with Crippen LogP contribution in [0.5, 0.6) is 0 Å². The van der Waals surface area contributed by atoms with E-state index in [-0.39, 0.29) is 24.1 Å². The highest BCUT2D eigenvalue weighted by molar-refractivity contribution is 6.33. The molecule has 3 aromatic heterocycles. The van der Waals surface area contributed by atoms with E-state index in [4.69, 9.17) is 20.5 Å². The Hall–Kier alpha value is -3.65. The number of aromatic nitrogens is 2. The Morgan fingerprint density at radius 1 is 1.16 bits per heavy atom. The zero-order valence-electron chi connectivity index (χ0n) is 18.0. The van der Waals surface area contributed by atoms with Crippen LogP contribution in [-0.4, -0.2) is 40.4 Å². The first-order chi connectivity index (χ1) is 15.2. The van der Waals surface area contributed by atoms with Gasteiger partial charge in [-0.15, -0.1) is 0 Å². The number of aryl methyl sites for hydroxylation is 3. The number of furan rings is 1. The molecule has 0 fully saturated rings. The third-order valence-electron chi connectivity index (χ3n) is 5.04. The van der Waals surface area contributed by atoms with E-state index in [1.54, 1.807) is 44.3 Å². The summed E-state index contributed by atoms with van der Waals surface area (Å²) in [5, 5.41) is 7.61. The lowest BCUT2D eigenvalue weighted by atomic mass is 10.0. The summed E-state index contributed by atoms with van der Waals surface area (Å²) in [5.41, 5.74) is 2.89. The van der Waals surface area contributed by atoms with Gasteiger partial charge in [0, 0.05) is 12.6 Å². The molecule has 0 aliphatic heterocycles. The second-order valence-corrected chi connectivity index (χ2v) is 7.93. The highest BCUT2D eigenvalue weighted by atomic mass is 35.5.